The largest absolute Gasteiger partial charge is 0.489 e. The Bertz CT molecular complexity index is 975. The Morgan fingerprint density at radius 1 is 1.00 bits per heavy atom. The first kappa shape index (κ1) is 24.2. The van der Waals surface area contributed by atoms with Crippen LogP contribution in [-0.2, 0) is 21.4 Å². The third-order valence-electron chi connectivity index (χ3n) is 6.71. The summed E-state index contributed by atoms with van der Waals surface area (Å²) in [6, 6.07) is 18.7. The minimum absolute atomic E-state index is 0.0321. The highest BCUT2D eigenvalue weighted by Crippen LogP contribution is 2.35. The fourth-order valence-corrected chi connectivity index (χ4v) is 5.78. The first-order chi connectivity index (χ1) is 16.0. The lowest BCUT2D eigenvalue weighted by molar-refractivity contribution is 0.00523. The monoisotopic (exact) mass is 472 g/mol. The van der Waals surface area contributed by atoms with Crippen molar-refractivity contribution in [3.05, 3.63) is 65.7 Å². The number of hydrogen-bond donors (Lipinski definition) is 2. The van der Waals surface area contributed by atoms with E-state index >= 15 is 0 Å². The topological polar surface area (TPSA) is 76.7 Å². The van der Waals surface area contributed by atoms with Crippen molar-refractivity contribution < 1.29 is 17.9 Å². The van der Waals surface area contributed by atoms with Crippen LogP contribution in [0.15, 0.2) is 54.6 Å². The molecule has 33 heavy (non-hydrogen) atoms. The van der Waals surface area contributed by atoms with E-state index in [0.29, 0.717) is 19.1 Å². The summed E-state index contributed by atoms with van der Waals surface area (Å²) >= 11 is 0. The van der Waals surface area contributed by atoms with Crippen LogP contribution >= 0.6 is 0 Å². The Morgan fingerprint density at radius 2 is 1.79 bits per heavy atom. The first-order valence-corrected chi connectivity index (χ1v) is 13.9. The highest BCUT2D eigenvalue weighted by atomic mass is 32.2. The molecule has 1 aliphatic heterocycles. The van der Waals surface area contributed by atoms with E-state index < -0.39 is 10.0 Å². The number of rotatable bonds is 9. The second-order valence-electron chi connectivity index (χ2n) is 9.35. The van der Waals surface area contributed by atoms with E-state index in [9.17, 15) is 8.42 Å². The fourth-order valence-electron chi connectivity index (χ4n) is 4.95. The third-order valence-corrected chi connectivity index (χ3v) is 7.44. The molecule has 2 atom stereocenters. The lowest BCUT2D eigenvalue weighted by Crippen LogP contribution is -2.55. The molecule has 0 aromatic heterocycles. The zero-order valence-corrected chi connectivity index (χ0v) is 20.2. The van der Waals surface area contributed by atoms with E-state index in [0.717, 1.165) is 50.8 Å². The molecule has 2 aliphatic rings. The molecule has 0 unspecified atom stereocenters. The van der Waals surface area contributed by atoms with Gasteiger partial charge >= 0.3 is 0 Å². The van der Waals surface area contributed by atoms with E-state index in [1.54, 1.807) is 0 Å². The smallest absolute Gasteiger partial charge is 0.209 e. The third kappa shape index (κ3) is 7.54. The predicted molar refractivity (Wildman–Crippen MR) is 131 cm³/mol. The normalized spacial score (nSPS) is 26.1. The highest BCUT2D eigenvalue weighted by Gasteiger charge is 2.29. The number of hydrogen-bond acceptors (Lipinski definition) is 5. The summed E-state index contributed by atoms with van der Waals surface area (Å²) < 4.78 is 38.4. The van der Waals surface area contributed by atoms with E-state index in [-0.39, 0.29) is 18.2 Å². The maximum absolute atomic E-state index is 11.7. The molecule has 6 nitrogen and oxygen atoms in total. The van der Waals surface area contributed by atoms with Crippen molar-refractivity contribution in [1.29, 1.82) is 0 Å². The van der Waals surface area contributed by atoms with Gasteiger partial charge in [-0.3, -0.25) is 0 Å². The number of benzene rings is 2. The first-order valence-electron chi connectivity index (χ1n) is 12.1. The van der Waals surface area contributed by atoms with E-state index in [2.05, 4.69) is 40.4 Å². The Balaban J connectivity index is 1.24. The van der Waals surface area contributed by atoms with Gasteiger partial charge in [0.25, 0.3) is 0 Å². The van der Waals surface area contributed by atoms with Gasteiger partial charge in [-0.2, -0.15) is 0 Å². The van der Waals surface area contributed by atoms with Gasteiger partial charge in [0.1, 0.15) is 12.4 Å². The van der Waals surface area contributed by atoms with Gasteiger partial charge in [-0.05, 0) is 74.2 Å². The van der Waals surface area contributed by atoms with Crippen molar-refractivity contribution in [2.75, 3.05) is 19.4 Å². The van der Waals surface area contributed by atoms with Crippen molar-refractivity contribution in [2.24, 2.45) is 0 Å². The fraction of sp³-hybridized carbons (Fsp3) is 0.538. The molecule has 0 spiro atoms. The molecule has 1 aliphatic carbocycles. The zero-order valence-electron chi connectivity index (χ0n) is 19.4. The van der Waals surface area contributed by atoms with Crippen LogP contribution in [0.3, 0.4) is 0 Å². The Morgan fingerprint density at radius 3 is 2.55 bits per heavy atom. The molecule has 2 fully saturated rings. The number of ether oxygens (including phenoxy) is 2. The van der Waals surface area contributed by atoms with Crippen molar-refractivity contribution >= 4 is 10.0 Å². The van der Waals surface area contributed by atoms with Crippen LogP contribution < -0.4 is 14.8 Å². The molecular weight excluding hydrogens is 436 g/mol. The second-order valence-corrected chi connectivity index (χ2v) is 11.1. The van der Waals surface area contributed by atoms with Crippen molar-refractivity contribution in [3.63, 3.8) is 0 Å². The Labute approximate surface area is 198 Å². The molecule has 2 N–H and O–H groups in total. The van der Waals surface area contributed by atoms with Gasteiger partial charge in [0.15, 0.2) is 0 Å². The Kier molecular flexibility index (Phi) is 8.41. The maximum Gasteiger partial charge on any atom is 0.209 e. The van der Waals surface area contributed by atoms with Crippen molar-refractivity contribution in [1.82, 2.24) is 10.0 Å². The zero-order chi connectivity index (χ0) is 23.1. The average molecular weight is 473 g/mol. The van der Waals surface area contributed by atoms with E-state index in [4.69, 9.17) is 9.47 Å². The van der Waals surface area contributed by atoms with Crippen LogP contribution in [0.5, 0.6) is 5.75 Å². The lowest BCUT2D eigenvalue weighted by Gasteiger charge is -2.35. The summed E-state index contributed by atoms with van der Waals surface area (Å²) in [6.07, 6.45) is 7.52. The van der Waals surface area contributed by atoms with E-state index in [1.807, 2.05) is 24.3 Å². The van der Waals surface area contributed by atoms with Crippen LogP contribution in [-0.4, -0.2) is 46.0 Å². The summed E-state index contributed by atoms with van der Waals surface area (Å²) in [6.45, 7) is 2.03. The van der Waals surface area contributed by atoms with Crippen LogP contribution in [0.25, 0.3) is 0 Å². The molecule has 2 aromatic rings. The molecule has 180 valence electrons. The molecule has 4 rings (SSSR count). The second kappa shape index (κ2) is 11.5. The quantitative estimate of drug-likeness (QED) is 0.577. The molecule has 1 saturated carbocycles. The van der Waals surface area contributed by atoms with Gasteiger partial charge in [0.2, 0.25) is 10.0 Å². The molecule has 7 heteroatoms. The van der Waals surface area contributed by atoms with Gasteiger partial charge < -0.3 is 14.8 Å². The molecular formula is C26H36N2O4S. The lowest BCUT2D eigenvalue weighted by atomic mass is 9.82. The van der Waals surface area contributed by atoms with Crippen LogP contribution in [0.2, 0.25) is 0 Å². The maximum atomic E-state index is 11.7. The summed E-state index contributed by atoms with van der Waals surface area (Å²) in [5.41, 5.74) is 2.51. The van der Waals surface area contributed by atoms with Crippen LogP contribution in [0.1, 0.15) is 55.6 Å². The molecule has 1 heterocycles. The molecule has 0 radical (unpaired) electrons. The number of piperidine rings is 1. The van der Waals surface area contributed by atoms with Crippen LogP contribution in [0, 0.1) is 0 Å². The summed E-state index contributed by atoms with van der Waals surface area (Å²) in [5.74, 6) is 1.44. The minimum atomic E-state index is -3.22. The SMILES string of the molecule is CS(=O)(=O)N[C@H]1CCCN[C@@H]1COC1CCC(c2cccc(OCc3ccccc3)c2)CC1. The Hall–Kier alpha value is -1.93. The van der Waals surface area contributed by atoms with Gasteiger partial charge in [-0.25, -0.2) is 13.1 Å². The number of nitrogens with one attached hydrogen (secondary N) is 2. The minimum Gasteiger partial charge on any atom is -0.489 e. The van der Waals surface area contributed by atoms with E-state index in [1.165, 1.54) is 17.4 Å². The average Bonchev–Trinajstić information content (AvgIpc) is 2.82. The van der Waals surface area contributed by atoms with Gasteiger partial charge in [-0.1, -0.05) is 42.5 Å². The van der Waals surface area contributed by atoms with Crippen molar-refractivity contribution in [2.45, 2.75) is 69.2 Å². The standard InChI is InChI=1S/C26H36N2O4S/c1-33(29,30)28-25-11-6-16-27-26(25)19-32-23-14-12-21(13-15-23)22-9-5-10-24(17-22)31-18-20-7-3-2-4-8-20/h2-5,7-10,17,21,23,25-28H,6,11-16,18-19H2,1H3/t21?,23?,25-,26+/m0/s1. The molecule has 2 aromatic carbocycles. The summed E-state index contributed by atoms with van der Waals surface area (Å²) in [7, 11) is -3.22. The van der Waals surface area contributed by atoms with Gasteiger partial charge in [0.05, 0.1) is 19.0 Å². The van der Waals surface area contributed by atoms with Crippen LogP contribution in [0.4, 0.5) is 0 Å². The highest BCUT2D eigenvalue weighted by molar-refractivity contribution is 7.88. The predicted octanol–water partition coefficient (Wildman–Crippen LogP) is 3.98. The molecule has 0 amide bonds. The summed E-state index contributed by atoms with van der Waals surface area (Å²) in [4.78, 5) is 0. The van der Waals surface area contributed by atoms with Gasteiger partial charge in [-0.15, -0.1) is 0 Å². The molecule has 1 saturated heterocycles. The summed E-state index contributed by atoms with van der Waals surface area (Å²) in [5, 5.41) is 3.43. The van der Waals surface area contributed by atoms with Gasteiger partial charge in [0, 0.05) is 12.1 Å². The number of sulfonamides is 1. The molecule has 0 bridgehead atoms. The van der Waals surface area contributed by atoms with Crippen molar-refractivity contribution in [3.8, 4) is 5.75 Å².